The number of hydrogen-bond donors (Lipinski definition) is 1. The van der Waals surface area contributed by atoms with Gasteiger partial charge >= 0.3 is 0 Å². The lowest BCUT2D eigenvalue weighted by atomic mass is 9.98. The van der Waals surface area contributed by atoms with Crippen molar-refractivity contribution in [2.75, 3.05) is 0 Å². The normalized spacial score (nSPS) is 10.9. The first-order valence-corrected chi connectivity index (χ1v) is 5.82. The van der Waals surface area contributed by atoms with Crippen molar-refractivity contribution in [3.05, 3.63) is 54.1 Å². The molecular weight excluding hydrogens is 224 g/mol. The average Bonchev–Trinajstić information content (AvgIpc) is 2.38. The molecule has 0 atom stereocenters. The van der Waals surface area contributed by atoms with Gasteiger partial charge in [-0.05, 0) is 35.2 Å². The van der Waals surface area contributed by atoms with E-state index in [1.54, 1.807) is 13.0 Å². The van der Waals surface area contributed by atoms with Crippen LogP contribution < -0.4 is 0 Å². The van der Waals surface area contributed by atoms with E-state index in [2.05, 4.69) is 0 Å². The SMILES string of the molecule is CC(=O)c1ccc2c(c1)cc(O)c1ccccc12. The summed E-state index contributed by atoms with van der Waals surface area (Å²) in [4.78, 5) is 11.4. The Bertz CT molecular complexity index is 772. The number of carbonyl (C=O) groups is 1. The summed E-state index contributed by atoms with van der Waals surface area (Å²) >= 11 is 0. The molecule has 0 aromatic heterocycles. The summed E-state index contributed by atoms with van der Waals surface area (Å²) in [7, 11) is 0. The van der Waals surface area contributed by atoms with Crippen molar-refractivity contribution in [3.8, 4) is 5.75 Å². The van der Waals surface area contributed by atoms with E-state index in [9.17, 15) is 9.90 Å². The van der Waals surface area contributed by atoms with Gasteiger partial charge in [-0.25, -0.2) is 0 Å². The van der Waals surface area contributed by atoms with Crippen LogP contribution in [0.4, 0.5) is 0 Å². The molecule has 0 saturated heterocycles. The average molecular weight is 236 g/mol. The Morgan fingerprint density at radius 1 is 0.944 bits per heavy atom. The highest BCUT2D eigenvalue weighted by molar-refractivity contribution is 6.11. The van der Waals surface area contributed by atoms with E-state index in [0.717, 1.165) is 21.5 Å². The highest BCUT2D eigenvalue weighted by Crippen LogP contribution is 2.32. The van der Waals surface area contributed by atoms with Crippen LogP contribution in [-0.4, -0.2) is 10.9 Å². The van der Waals surface area contributed by atoms with Crippen molar-refractivity contribution in [1.29, 1.82) is 0 Å². The predicted octanol–water partition coefficient (Wildman–Crippen LogP) is 3.90. The fourth-order valence-electron chi connectivity index (χ4n) is 2.31. The minimum absolute atomic E-state index is 0.0320. The minimum Gasteiger partial charge on any atom is -0.507 e. The zero-order chi connectivity index (χ0) is 12.7. The lowest BCUT2D eigenvalue weighted by Gasteiger charge is -2.07. The Labute approximate surface area is 104 Å². The van der Waals surface area contributed by atoms with Crippen molar-refractivity contribution in [2.24, 2.45) is 0 Å². The lowest BCUT2D eigenvalue weighted by Crippen LogP contribution is -1.91. The van der Waals surface area contributed by atoms with Crippen molar-refractivity contribution < 1.29 is 9.90 Å². The Balaban J connectivity index is 2.46. The molecule has 3 aromatic rings. The molecule has 0 spiro atoms. The number of benzene rings is 3. The third-order valence-corrected chi connectivity index (χ3v) is 3.24. The molecule has 88 valence electrons. The Hall–Kier alpha value is -2.35. The zero-order valence-electron chi connectivity index (χ0n) is 9.97. The number of ketones is 1. The van der Waals surface area contributed by atoms with E-state index in [0.29, 0.717) is 5.56 Å². The van der Waals surface area contributed by atoms with Crippen LogP contribution in [0.1, 0.15) is 17.3 Å². The largest absolute Gasteiger partial charge is 0.507 e. The van der Waals surface area contributed by atoms with E-state index in [-0.39, 0.29) is 11.5 Å². The van der Waals surface area contributed by atoms with E-state index in [4.69, 9.17) is 0 Å². The second-order valence-corrected chi connectivity index (χ2v) is 4.43. The van der Waals surface area contributed by atoms with Crippen LogP contribution in [0.2, 0.25) is 0 Å². The van der Waals surface area contributed by atoms with Crippen LogP contribution in [0.3, 0.4) is 0 Å². The maximum Gasteiger partial charge on any atom is 0.159 e. The van der Waals surface area contributed by atoms with E-state index >= 15 is 0 Å². The van der Waals surface area contributed by atoms with E-state index < -0.39 is 0 Å². The predicted molar refractivity (Wildman–Crippen MR) is 73.1 cm³/mol. The van der Waals surface area contributed by atoms with Crippen LogP contribution >= 0.6 is 0 Å². The summed E-state index contributed by atoms with van der Waals surface area (Å²) in [5, 5.41) is 13.8. The molecule has 0 saturated carbocycles. The van der Waals surface area contributed by atoms with Crippen LogP contribution in [0.5, 0.6) is 5.75 Å². The summed E-state index contributed by atoms with van der Waals surface area (Å²) in [5.74, 6) is 0.281. The fourth-order valence-corrected chi connectivity index (χ4v) is 2.31. The van der Waals surface area contributed by atoms with Gasteiger partial charge in [0.25, 0.3) is 0 Å². The molecule has 0 aliphatic rings. The molecule has 0 aliphatic heterocycles. The molecule has 0 aliphatic carbocycles. The first-order chi connectivity index (χ1) is 8.66. The number of phenolic OH excluding ortho intramolecular Hbond substituents is 1. The van der Waals surface area contributed by atoms with Crippen LogP contribution in [0.15, 0.2) is 48.5 Å². The molecule has 3 aromatic carbocycles. The van der Waals surface area contributed by atoms with Gasteiger partial charge < -0.3 is 5.11 Å². The summed E-state index contributed by atoms with van der Waals surface area (Å²) in [6.07, 6.45) is 0. The lowest BCUT2D eigenvalue weighted by molar-refractivity contribution is 0.101. The van der Waals surface area contributed by atoms with Gasteiger partial charge in [-0.15, -0.1) is 0 Å². The number of carbonyl (C=O) groups excluding carboxylic acids is 1. The third-order valence-electron chi connectivity index (χ3n) is 3.24. The third kappa shape index (κ3) is 1.54. The van der Waals surface area contributed by atoms with Gasteiger partial charge in [0.1, 0.15) is 5.75 Å². The maximum absolute atomic E-state index is 11.4. The monoisotopic (exact) mass is 236 g/mol. The van der Waals surface area contributed by atoms with Crippen LogP contribution in [0.25, 0.3) is 21.5 Å². The van der Waals surface area contributed by atoms with Crippen LogP contribution in [-0.2, 0) is 0 Å². The number of phenols is 1. The Morgan fingerprint density at radius 2 is 1.67 bits per heavy atom. The first-order valence-electron chi connectivity index (χ1n) is 5.82. The number of rotatable bonds is 1. The van der Waals surface area contributed by atoms with Crippen molar-refractivity contribution in [2.45, 2.75) is 6.92 Å². The molecule has 0 unspecified atom stereocenters. The maximum atomic E-state index is 11.4. The molecule has 2 heteroatoms. The number of hydrogen-bond acceptors (Lipinski definition) is 2. The number of Topliss-reactive ketones (excluding diaryl/α,β-unsaturated/α-hetero) is 1. The molecule has 0 radical (unpaired) electrons. The Kier molecular flexibility index (Phi) is 2.30. The second-order valence-electron chi connectivity index (χ2n) is 4.43. The van der Waals surface area contributed by atoms with Gasteiger partial charge in [0.05, 0.1) is 0 Å². The van der Waals surface area contributed by atoms with E-state index in [1.165, 1.54) is 0 Å². The molecule has 3 rings (SSSR count). The zero-order valence-corrected chi connectivity index (χ0v) is 9.97. The molecular formula is C16H12O2. The van der Waals surface area contributed by atoms with Crippen molar-refractivity contribution in [1.82, 2.24) is 0 Å². The standard InChI is InChI=1S/C16H12O2/c1-10(17)11-6-7-13-12(8-11)9-16(18)15-5-3-2-4-14(13)15/h2-9,18H,1H3. The summed E-state index contributed by atoms with van der Waals surface area (Å²) in [6, 6.07) is 15.0. The topological polar surface area (TPSA) is 37.3 Å². The smallest absolute Gasteiger partial charge is 0.159 e. The molecule has 2 nitrogen and oxygen atoms in total. The summed E-state index contributed by atoms with van der Waals surface area (Å²) in [5.41, 5.74) is 0.664. The summed E-state index contributed by atoms with van der Waals surface area (Å²) < 4.78 is 0. The van der Waals surface area contributed by atoms with Gasteiger partial charge in [0.2, 0.25) is 0 Å². The van der Waals surface area contributed by atoms with Crippen molar-refractivity contribution in [3.63, 3.8) is 0 Å². The highest BCUT2D eigenvalue weighted by Gasteiger charge is 2.07. The molecule has 0 heterocycles. The van der Waals surface area contributed by atoms with Gasteiger partial charge in [-0.3, -0.25) is 4.79 Å². The molecule has 1 N–H and O–H groups in total. The molecule has 0 fully saturated rings. The van der Waals surface area contributed by atoms with Gasteiger partial charge in [-0.1, -0.05) is 36.4 Å². The molecule has 0 bridgehead atoms. The van der Waals surface area contributed by atoms with Gasteiger partial charge in [-0.2, -0.15) is 0 Å². The number of fused-ring (bicyclic) bond motifs is 3. The molecule has 0 amide bonds. The second kappa shape index (κ2) is 3.84. The van der Waals surface area contributed by atoms with Crippen molar-refractivity contribution >= 4 is 27.3 Å². The Morgan fingerprint density at radius 3 is 2.39 bits per heavy atom. The highest BCUT2D eigenvalue weighted by atomic mass is 16.3. The quantitative estimate of drug-likeness (QED) is 0.514. The fraction of sp³-hybridized carbons (Fsp3) is 0.0625. The van der Waals surface area contributed by atoms with Gasteiger partial charge in [0, 0.05) is 10.9 Å². The van der Waals surface area contributed by atoms with Gasteiger partial charge in [0.15, 0.2) is 5.78 Å². The number of aromatic hydroxyl groups is 1. The van der Waals surface area contributed by atoms with Crippen LogP contribution in [0, 0.1) is 0 Å². The summed E-state index contributed by atoms with van der Waals surface area (Å²) in [6.45, 7) is 1.54. The minimum atomic E-state index is 0.0320. The van der Waals surface area contributed by atoms with E-state index in [1.807, 2.05) is 42.5 Å². The molecule has 18 heavy (non-hydrogen) atoms. The first kappa shape index (κ1) is 10.8.